The molecule has 1 aliphatic heterocycles. The van der Waals surface area contributed by atoms with Gasteiger partial charge < -0.3 is 19.7 Å². The summed E-state index contributed by atoms with van der Waals surface area (Å²) < 4.78 is 39.7. The zero-order valence-electron chi connectivity index (χ0n) is 32.4. The second-order valence-electron chi connectivity index (χ2n) is 15.9. The number of likely N-dealkylation sites (tertiary alicyclic amines) is 1. The summed E-state index contributed by atoms with van der Waals surface area (Å²) in [4.78, 5) is 64.0. The van der Waals surface area contributed by atoms with Crippen LogP contribution in [0, 0.1) is 17.3 Å². The number of carbonyl (C=O) groups excluding carboxylic acids is 4. The molecule has 0 radical (unpaired) electrons. The summed E-state index contributed by atoms with van der Waals surface area (Å²) in [6, 6.07) is 10.7. The lowest BCUT2D eigenvalue weighted by Crippen LogP contribution is -2.57. The molecule has 0 spiro atoms. The van der Waals surface area contributed by atoms with Gasteiger partial charge in [0.25, 0.3) is 15.9 Å². The molecule has 3 aliphatic rings. The number of carbonyl (C=O) groups is 4. The molecule has 58 heavy (non-hydrogen) atoms. The SMILES string of the molecule is C=C[C@@H]1C[C@@]1(NC(=O)[C@@H]1C[C@@H](n2nc(-c3ccc(OC)cc3)c(-c3nccs3)n2)CN1C(=O)[C@H](C(=O)OC1CCC1)C(C)(C)C)C(=O)NS(=O)(=O)c1ccc(Cl)cc1. The van der Waals surface area contributed by atoms with Crippen molar-refractivity contribution in [3.63, 3.8) is 0 Å². The maximum atomic E-state index is 14.7. The molecule has 2 aromatic heterocycles. The molecule has 3 heterocycles. The van der Waals surface area contributed by atoms with Crippen molar-refractivity contribution in [1.29, 1.82) is 0 Å². The molecule has 2 N–H and O–H groups in total. The van der Waals surface area contributed by atoms with Crippen LogP contribution in [0.15, 0.2) is 77.7 Å². The number of ether oxygens (including phenoxy) is 2. The quantitative estimate of drug-likeness (QED) is 0.102. The fraction of sp³-hybridized carbons (Fsp3) is 0.425. The molecule has 0 bridgehead atoms. The largest absolute Gasteiger partial charge is 0.497 e. The molecule has 15 nitrogen and oxygen atoms in total. The van der Waals surface area contributed by atoms with E-state index in [-0.39, 0.29) is 30.4 Å². The minimum Gasteiger partial charge on any atom is -0.497 e. The van der Waals surface area contributed by atoms with Crippen LogP contribution in [0.25, 0.3) is 22.0 Å². The molecule has 2 aromatic carbocycles. The number of hydrogen-bond donors (Lipinski definition) is 2. The average Bonchev–Trinajstić information content (AvgIpc) is 3.61. The Labute approximate surface area is 345 Å². The Morgan fingerprint density at radius 3 is 2.31 bits per heavy atom. The van der Waals surface area contributed by atoms with Crippen LogP contribution in [0.4, 0.5) is 0 Å². The van der Waals surface area contributed by atoms with Gasteiger partial charge in [0, 0.05) is 41.0 Å². The standard InChI is InChI=1S/C40H44ClN7O8S2/c1-6-24-21-40(24,38(52)46-58(53,54)29-16-12-25(41)13-17-29)43-34(49)30-20-26(22-47(30)36(50)31(39(2,3)4)37(51)56-28-8-7-9-28)48-44-32(23-10-14-27(55-5)15-11-23)33(45-48)35-42-18-19-57-35/h6,10-19,24,26,28,30-31H,1,7-9,20-22H2,2-5H3,(H,43,49)(H,46,52)/t24-,26-,30+,31-,40+/m1/s1. The van der Waals surface area contributed by atoms with E-state index in [1.54, 1.807) is 46.2 Å². The highest BCUT2D eigenvalue weighted by Crippen LogP contribution is 2.46. The molecule has 2 aliphatic carbocycles. The predicted molar refractivity (Wildman–Crippen MR) is 215 cm³/mol. The zero-order chi connectivity index (χ0) is 41.6. The molecule has 3 fully saturated rings. The zero-order valence-corrected chi connectivity index (χ0v) is 34.8. The van der Waals surface area contributed by atoms with E-state index in [2.05, 4.69) is 21.6 Å². The first-order valence-corrected chi connectivity index (χ1v) is 21.6. The third-order valence-electron chi connectivity index (χ3n) is 10.9. The second kappa shape index (κ2) is 15.9. The first-order valence-electron chi connectivity index (χ1n) is 18.8. The maximum Gasteiger partial charge on any atom is 0.319 e. The highest BCUT2D eigenvalue weighted by Gasteiger charge is 2.62. The first-order chi connectivity index (χ1) is 27.5. The number of nitrogens with one attached hydrogen (secondary N) is 2. The predicted octanol–water partition coefficient (Wildman–Crippen LogP) is 5.20. The van der Waals surface area contributed by atoms with Crippen molar-refractivity contribution in [1.82, 2.24) is 34.9 Å². The van der Waals surface area contributed by atoms with Gasteiger partial charge in [0.1, 0.15) is 45.7 Å². The Morgan fingerprint density at radius 2 is 1.74 bits per heavy atom. The van der Waals surface area contributed by atoms with E-state index >= 15 is 0 Å². The van der Waals surface area contributed by atoms with Crippen LogP contribution < -0.4 is 14.8 Å². The molecular weight excluding hydrogens is 806 g/mol. The molecule has 5 atom stereocenters. The monoisotopic (exact) mass is 849 g/mol. The molecule has 3 amide bonds. The second-order valence-corrected chi connectivity index (χ2v) is 18.9. The summed E-state index contributed by atoms with van der Waals surface area (Å²) in [5.41, 5.74) is -0.838. The summed E-state index contributed by atoms with van der Waals surface area (Å²) in [6.07, 6.45) is 5.24. The minimum absolute atomic E-state index is 0.000319. The van der Waals surface area contributed by atoms with Gasteiger partial charge in [0.15, 0.2) is 0 Å². The van der Waals surface area contributed by atoms with E-state index in [9.17, 15) is 27.6 Å². The van der Waals surface area contributed by atoms with E-state index in [4.69, 9.17) is 31.3 Å². The Bertz CT molecular complexity index is 2320. The normalized spacial score (nSPS) is 22.4. The van der Waals surface area contributed by atoms with E-state index in [1.165, 1.54) is 51.4 Å². The number of benzene rings is 2. The number of amides is 3. The van der Waals surface area contributed by atoms with Crippen molar-refractivity contribution in [3.05, 3.63) is 77.8 Å². The van der Waals surface area contributed by atoms with E-state index in [1.807, 2.05) is 17.5 Å². The maximum absolute atomic E-state index is 14.7. The van der Waals surface area contributed by atoms with Crippen molar-refractivity contribution in [2.75, 3.05) is 13.7 Å². The topological polar surface area (TPSA) is 192 Å². The summed E-state index contributed by atoms with van der Waals surface area (Å²) in [5.74, 6) is -4.21. The number of rotatable bonds is 13. The van der Waals surface area contributed by atoms with Gasteiger partial charge in [-0.2, -0.15) is 9.90 Å². The number of nitrogens with zero attached hydrogens (tertiary/aromatic N) is 5. The summed E-state index contributed by atoms with van der Waals surface area (Å²) in [5, 5.41) is 15.3. The Morgan fingerprint density at radius 1 is 1.05 bits per heavy atom. The third-order valence-corrected chi connectivity index (χ3v) is 13.3. The van der Waals surface area contributed by atoms with Gasteiger partial charge in [-0.3, -0.25) is 19.2 Å². The molecule has 0 unspecified atom stereocenters. The lowest BCUT2D eigenvalue weighted by Gasteiger charge is -2.35. The first kappa shape index (κ1) is 41.0. The lowest BCUT2D eigenvalue weighted by atomic mass is 9.79. The Balaban J connectivity index is 1.22. The van der Waals surface area contributed by atoms with Crippen LogP contribution in [0.1, 0.15) is 58.9 Å². The fourth-order valence-electron chi connectivity index (χ4n) is 7.32. The number of methoxy groups -OCH3 is 1. The van der Waals surface area contributed by atoms with Crippen molar-refractivity contribution in [2.45, 2.75) is 81.5 Å². The molecule has 7 rings (SSSR count). The molecule has 2 saturated carbocycles. The fourth-order valence-corrected chi connectivity index (χ4v) is 9.11. The molecule has 18 heteroatoms. The third kappa shape index (κ3) is 8.11. The highest BCUT2D eigenvalue weighted by atomic mass is 35.5. The minimum atomic E-state index is -4.36. The van der Waals surface area contributed by atoms with Gasteiger partial charge in [-0.1, -0.05) is 38.4 Å². The van der Waals surface area contributed by atoms with Crippen LogP contribution in [0.2, 0.25) is 5.02 Å². The number of halogens is 1. The van der Waals surface area contributed by atoms with Gasteiger partial charge in [-0.15, -0.1) is 23.0 Å². The average molecular weight is 850 g/mol. The van der Waals surface area contributed by atoms with E-state index < -0.39 is 68.6 Å². The Hall–Kier alpha value is -5.13. The highest BCUT2D eigenvalue weighted by molar-refractivity contribution is 7.90. The smallest absolute Gasteiger partial charge is 0.319 e. The molecule has 1 saturated heterocycles. The van der Waals surface area contributed by atoms with Crippen LogP contribution in [-0.4, -0.2) is 88.3 Å². The van der Waals surface area contributed by atoms with Crippen LogP contribution >= 0.6 is 22.9 Å². The van der Waals surface area contributed by atoms with Gasteiger partial charge in [0.2, 0.25) is 11.8 Å². The van der Waals surface area contributed by atoms with Crippen LogP contribution in [-0.2, 0) is 33.9 Å². The van der Waals surface area contributed by atoms with Crippen molar-refractivity contribution in [3.8, 4) is 27.7 Å². The van der Waals surface area contributed by atoms with Crippen molar-refractivity contribution >= 4 is 56.7 Å². The Kier molecular flexibility index (Phi) is 11.3. The summed E-state index contributed by atoms with van der Waals surface area (Å²) >= 11 is 7.32. The lowest BCUT2D eigenvalue weighted by molar-refractivity contribution is -0.169. The van der Waals surface area contributed by atoms with Gasteiger partial charge in [-0.05, 0) is 79.6 Å². The number of aromatic nitrogens is 4. The molecule has 4 aromatic rings. The van der Waals surface area contributed by atoms with Gasteiger partial charge in [-0.25, -0.2) is 18.1 Å². The van der Waals surface area contributed by atoms with Crippen LogP contribution in [0.3, 0.4) is 0 Å². The number of sulfonamides is 1. The number of hydrogen-bond acceptors (Lipinski definition) is 12. The summed E-state index contributed by atoms with van der Waals surface area (Å²) in [6.45, 7) is 9.01. The van der Waals surface area contributed by atoms with Crippen molar-refractivity contribution in [2.24, 2.45) is 17.3 Å². The summed E-state index contributed by atoms with van der Waals surface area (Å²) in [7, 11) is -2.79. The molecule has 306 valence electrons. The van der Waals surface area contributed by atoms with Gasteiger partial charge in [0.05, 0.1) is 18.0 Å². The number of esters is 1. The van der Waals surface area contributed by atoms with Crippen molar-refractivity contribution < 1.29 is 37.1 Å². The van der Waals surface area contributed by atoms with E-state index in [0.29, 0.717) is 40.0 Å². The van der Waals surface area contributed by atoms with E-state index in [0.717, 1.165) is 12.0 Å². The molecular formula is C40H44ClN7O8S2. The van der Waals surface area contributed by atoms with Gasteiger partial charge >= 0.3 is 5.97 Å². The number of thiazole rings is 1. The van der Waals surface area contributed by atoms with Crippen LogP contribution in [0.5, 0.6) is 5.75 Å².